The first-order valence-electron chi connectivity index (χ1n) is 10.2. The van der Waals surface area contributed by atoms with Crippen molar-refractivity contribution in [3.8, 4) is 11.3 Å². The molecule has 4 aromatic rings. The van der Waals surface area contributed by atoms with Crippen LogP contribution in [0.15, 0.2) is 77.3 Å². The van der Waals surface area contributed by atoms with E-state index in [0.29, 0.717) is 17.7 Å². The number of nitrogens with one attached hydrogen (secondary N) is 1. The highest BCUT2D eigenvalue weighted by atomic mass is 79.9. The summed E-state index contributed by atoms with van der Waals surface area (Å²) >= 11 is 3.50. The van der Waals surface area contributed by atoms with Crippen molar-refractivity contribution in [1.82, 2.24) is 4.98 Å². The summed E-state index contributed by atoms with van der Waals surface area (Å²) in [4.78, 5) is 29.2. The highest BCUT2D eigenvalue weighted by Gasteiger charge is 2.19. The molecular weight excluding hydrogens is 468 g/mol. The minimum absolute atomic E-state index is 0.0416. The number of aromatic nitrogens is 1. The molecule has 1 heterocycles. The van der Waals surface area contributed by atoms with E-state index in [1.165, 1.54) is 0 Å². The number of carbonyl (C=O) groups is 2. The molecule has 0 unspecified atom stereocenters. The maximum Gasteiger partial charge on any atom is 0.303 e. The van der Waals surface area contributed by atoms with Gasteiger partial charge < -0.3 is 10.4 Å². The van der Waals surface area contributed by atoms with Gasteiger partial charge in [0.2, 0.25) is 0 Å². The van der Waals surface area contributed by atoms with Gasteiger partial charge >= 0.3 is 5.97 Å². The van der Waals surface area contributed by atoms with Crippen LogP contribution in [0, 0.1) is 6.92 Å². The van der Waals surface area contributed by atoms with E-state index in [9.17, 15) is 9.59 Å². The maximum atomic E-state index is 13.5. The molecule has 0 spiro atoms. The van der Waals surface area contributed by atoms with Crippen molar-refractivity contribution in [3.05, 3.63) is 94.0 Å². The molecule has 0 fully saturated rings. The number of carbonyl (C=O) groups excluding carboxylic acids is 1. The van der Waals surface area contributed by atoms with Gasteiger partial charge in [-0.25, -0.2) is 4.98 Å². The summed E-state index contributed by atoms with van der Waals surface area (Å²) in [5.74, 6) is -1.09. The van der Waals surface area contributed by atoms with Crippen LogP contribution in [0.1, 0.15) is 27.9 Å². The number of carboxylic acid groups (broad SMARTS) is 1. The molecule has 6 heteroatoms. The van der Waals surface area contributed by atoms with Gasteiger partial charge in [0.25, 0.3) is 5.91 Å². The Morgan fingerprint density at radius 2 is 1.78 bits per heavy atom. The quantitative estimate of drug-likeness (QED) is 0.336. The zero-order chi connectivity index (χ0) is 22.7. The number of halogens is 1. The van der Waals surface area contributed by atoms with E-state index in [1.807, 2.05) is 73.7 Å². The average Bonchev–Trinajstić information content (AvgIpc) is 2.78. The lowest BCUT2D eigenvalue weighted by atomic mass is 9.97. The van der Waals surface area contributed by atoms with E-state index in [2.05, 4.69) is 21.2 Å². The summed E-state index contributed by atoms with van der Waals surface area (Å²) in [7, 11) is 0. The molecule has 0 saturated carbocycles. The SMILES string of the molecule is Cc1c(-c2ccccc2)nc2ccc(Br)cc2c1C(=O)Nc1cccc(CCC(=O)O)c1. The number of hydrogen-bond donors (Lipinski definition) is 2. The Hall–Kier alpha value is -3.51. The molecule has 0 atom stereocenters. The average molecular weight is 489 g/mol. The third-order valence-corrected chi connectivity index (χ3v) is 5.77. The molecule has 0 bridgehead atoms. The highest BCUT2D eigenvalue weighted by Crippen LogP contribution is 2.31. The van der Waals surface area contributed by atoms with Gasteiger partial charge in [-0.05, 0) is 54.8 Å². The summed E-state index contributed by atoms with van der Waals surface area (Å²) in [5, 5.41) is 12.7. The second kappa shape index (κ2) is 9.32. The van der Waals surface area contributed by atoms with Crippen LogP contribution in [0.3, 0.4) is 0 Å². The lowest BCUT2D eigenvalue weighted by Crippen LogP contribution is -2.15. The smallest absolute Gasteiger partial charge is 0.303 e. The Morgan fingerprint density at radius 3 is 2.53 bits per heavy atom. The normalized spacial score (nSPS) is 10.8. The van der Waals surface area contributed by atoms with Crippen LogP contribution in [-0.2, 0) is 11.2 Å². The number of rotatable bonds is 6. The van der Waals surface area contributed by atoms with E-state index in [0.717, 1.165) is 37.8 Å². The van der Waals surface area contributed by atoms with E-state index in [-0.39, 0.29) is 12.3 Å². The first kappa shape index (κ1) is 21.7. The molecule has 3 aromatic carbocycles. The molecule has 1 aromatic heterocycles. The second-order valence-electron chi connectivity index (χ2n) is 7.54. The number of benzene rings is 3. The molecule has 0 aliphatic rings. The van der Waals surface area contributed by atoms with Crippen molar-refractivity contribution in [3.63, 3.8) is 0 Å². The molecule has 1 amide bonds. The molecule has 4 rings (SSSR count). The Balaban J connectivity index is 1.77. The molecule has 0 aliphatic carbocycles. The molecule has 2 N–H and O–H groups in total. The van der Waals surface area contributed by atoms with Gasteiger partial charge in [0.1, 0.15) is 0 Å². The zero-order valence-electron chi connectivity index (χ0n) is 17.4. The van der Waals surface area contributed by atoms with Crippen molar-refractivity contribution in [1.29, 1.82) is 0 Å². The topological polar surface area (TPSA) is 79.3 Å². The van der Waals surface area contributed by atoms with Gasteiger partial charge in [-0.3, -0.25) is 9.59 Å². The summed E-state index contributed by atoms with van der Waals surface area (Å²) < 4.78 is 0.864. The van der Waals surface area contributed by atoms with Gasteiger partial charge in [0.05, 0.1) is 16.8 Å². The Labute approximate surface area is 194 Å². The van der Waals surface area contributed by atoms with Crippen LogP contribution >= 0.6 is 15.9 Å². The van der Waals surface area contributed by atoms with Crippen LogP contribution in [0.5, 0.6) is 0 Å². The lowest BCUT2D eigenvalue weighted by Gasteiger charge is -2.15. The van der Waals surface area contributed by atoms with Crippen LogP contribution in [0.4, 0.5) is 5.69 Å². The number of aliphatic carboxylic acids is 1. The van der Waals surface area contributed by atoms with E-state index < -0.39 is 5.97 Å². The zero-order valence-corrected chi connectivity index (χ0v) is 19.0. The van der Waals surface area contributed by atoms with E-state index in [1.54, 1.807) is 6.07 Å². The van der Waals surface area contributed by atoms with Crippen molar-refractivity contribution in [2.45, 2.75) is 19.8 Å². The summed E-state index contributed by atoms with van der Waals surface area (Å²) in [6.07, 6.45) is 0.446. The predicted molar refractivity (Wildman–Crippen MR) is 130 cm³/mol. The van der Waals surface area contributed by atoms with Crippen LogP contribution in [-0.4, -0.2) is 22.0 Å². The molecule has 32 heavy (non-hydrogen) atoms. The van der Waals surface area contributed by atoms with Crippen molar-refractivity contribution in [2.24, 2.45) is 0 Å². The van der Waals surface area contributed by atoms with Crippen LogP contribution in [0.25, 0.3) is 22.2 Å². The number of carboxylic acids is 1. The van der Waals surface area contributed by atoms with Crippen LogP contribution in [0.2, 0.25) is 0 Å². The van der Waals surface area contributed by atoms with E-state index in [4.69, 9.17) is 10.1 Å². The molecule has 160 valence electrons. The number of fused-ring (bicyclic) bond motifs is 1. The number of nitrogens with zero attached hydrogens (tertiary/aromatic N) is 1. The number of hydrogen-bond acceptors (Lipinski definition) is 3. The van der Waals surface area contributed by atoms with Gasteiger partial charge in [-0.1, -0.05) is 58.4 Å². The van der Waals surface area contributed by atoms with Gasteiger partial charge in [-0.2, -0.15) is 0 Å². The third-order valence-electron chi connectivity index (χ3n) is 5.28. The minimum Gasteiger partial charge on any atom is -0.481 e. The second-order valence-corrected chi connectivity index (χ2v) is 8.45. The summed E-state index contributed by atoms with van der Waals surface area (Å²) in [6, 6.07) is 22.8. The number of pyridine rings is 1. The maximum absolute atomic E-state index is 13.5. The first-order valence-corrected chi connectivity index (χ1v) is 11.0. The highest BCUT2D eigenvalue weighted by molar-refractivity contribution is 9.10. The largest absolute Gasteiger partial charge is 0.481 e. The monoisotopic (exact) mass is 488 g/mol. The molecule has 0 saturated heterocycles. The van der Waals surface area contributed by atoms with E-state index >= 15 is 0 Å². The standard InChI is InChI=1S/C26H21BrN2O3/c1-16-24(26(32)28-20-9-5-6-17(14-20)10-13-23(30)31)21-15-19(27)11-12-22(21)29-25(16)18-7-3-2-4-8-18/h2-9,11-12,14-15H,10,13H2,1H3,(H,28,32)(H,30,31). The molecule has 0 radical (unpaired) electrons. The van der Waals surface area contributed by atoms with Crippen molar-refractivity contribution < 1.29 is 14.7 Å². The van der Waals surface area contributed by atoms with Gasteiger partial charge in [0.15, 0.2) is 0 Å². The minimum atomic E-state index is -0.850. The number of anilines is 1. The summed E-state index contributed by atoms with van der Waals surface area (Å²) in [6.45, 7) is 1.91. The third kappa shape index (κ3) is 4.70. The Bertz CT molecular complexity index is 1320. The van der Waals surface area contributed by atoms with Crippen molar-refractivity contribution >= 4 is 44.4 Å². The Kier molecular flexibility index (Phi) is 6.32. The molecule has 5 nitrogen and oxygen atoms in total. The number of amides is 1. The fraction of sp³-hybridized carbons (Fsp3) is 0.115. The predicted octanol–water partition coefficient (Wildman–Crippen LogP) is 6.24. The van der Waals surface area contributed by atoms with Crippen LogP contribution < -0.4 is 5.32 Å². The summed E-state index contributed by atoms with van der Waals surface area (Å²) in [5.41, 5.74) is 5.28. The fourth-order valence-electron chi connectivity index (χ4n) is 3.75. The molecular formula is C26H21BrN2O3. The molecule has 0 aliphatic heterocycles. The van der Waals surface area contributed by atoms with Gasteiger partial charge in [-0.15, -0.1) is 0 Å². The van der Waals surface area contributed by atoms with Gasteiger partial charge in [0, 0.05) is 27.5 Å². The fourth-order valence-corrected chi connectivity index (χ4v) is 4.11. The Morgan fingerprint density at radius 1 is 1.00 bits per heavy atom. The number of aryl methyl sites for hydroxylation is 1. The van der Waals surface area contributed by atoms with Crippen molar-refractivity contribution in [2.75, 3.05) is 5.32 Å². The lowest BCUT2D eigenvalue weighted by molar-refractivity contribution is -0.136. The first-order chi connectivity index (χ1) is 15.4.